The number of rotatable bonds is 8. The second-order valence-corrected chi connectivity index (χ2v) is 8.65. The minimum Gasteiger partial charge on any atom is -0.490 e. The van der Waals surface area contributed by atoms with Crippen LogP contribution in [0.5, 0.6) is 17.2 Å². The number of aliphatic carboxylic acids is 1. The summed E-state index contributed by atoms with van der Waals surface area (Å²) in [6, 6.07) is 12.5. The van der Waals surface area contributed by atoms with E-state index < -0.39 is 11.9 Å². The van der Waals surface area contributed by atoms with E-state index in [1.807, 2.05) is 32.0 Å². The van der Waals surface area contributed by atoms with Gasteiger partial charge >= 0.3 is 5.97 Å². The van der Waals surface area contributed by atoms with Crippen LogP contribution >= 0.6 is 11.3 Å². The number of thiazole rings is 1. The number of carbonyl (C=O) groups is 2. The Balaban J connectivity index is 0.000000886. The van der Waals surface area contributed by atoms with E-state index in [9.17, 15) is 9.59 Å². The number of fused-ring (bicyclic) bond motifs is 1. The zero-order valence-corrected chi connectivity index (χ0v) is 21.7. The molecule has 0 radical (unpaired) electrons. The molecule has 4 aromatic rings. The first-order valence-corrected chi connectivity index (χ1v) is 12.3. The highest BCUT2D eigenvalue weighted by Gasteiger charge is 2.16. The quantitative estimate of drug-likeness (QED) is 0.271. The molecule has 2 aromatic carbocycles. The molecule has 11 heteroatoms. The standard InChI is InChI=1S/C24H23N3O5S.C2H4O2/c1-4-12-31-19-11-10-16(13-20(19)30-5-2)14-21-23(29)27-24(33-21)25-22(26-27)17-8-6-7-9-18(17)32-15(3)28;1-2(3)4/h6-11,13-14H,4-5,12H2,1-3H3;1H3,(H,3,4). The molecule has 10 nitrogen and oxygen atoms in total. The lowest BCUT2D eigenvalue weighted by molar-refractivity contribution is -0.134. The molecule has 0 aliphatic rings. The summed E-state index contributed by atoms with van der Waals surface area (Å²) in [6.07, 6.45) is 2.68. The van der Waals surface area contributed by atoms with Crippen LogP contribution < -0.4 is 24.3 Å². The summed E-state index contributed by atoms with van der Waals surface area (Å²) < 4.78 is 18.4. The summed E-state index contributed by atoms with van der Waals surface area (Å²) >= 11 is 1.23. The van der Waals surface area contributed by atoms with Crippen molar-refractivity contribution in [2.24, 2.45) is 0 Å². The van der Waals surface area contributed by atoms with Crippen LogP contribution in [0.25, 0.3) is 22.4 Å². The highest BCUT2D eigenvalue weighted by atomic mass is 32.1. The number of esters is 1. The van der Waals surface area contributed by atoms with E-state index in [0.717, 1.165) is 18.9 Å². The number of nitrogens with zero attached hydrogens (tertiary/aromatic N) is 3. The normalized spacial score (nSPS) is 11.1. The smallest absolute Gasteiger partial charge is 0.308 e. The highest BCUT2D eigenvalue weighted by molar-refractivity contribution is 7.15. The Hall–Kier alpha value is -4.25. The van der Waals surface area contributed by atoms with Crippen molar-refractivity contribution >= 4 is 34.3 Å². The minimum absolute atomic E-state index is 0.275. The Kier molecular flexibility index (Phi) is 9.33. The summed E-state index contributed by atoms with van der Waals surface area (Å²) in [5.74, 6) is 0.699. The molecule has 0 amide bonds. The summed E-state index contributed by atoms with van der Waals surface area (Å²) in [5.41, 5.74) is 1.07. The molecule has 2 heterocycles. The van der Waals surface area contributed by atoms with Crippen molar-refractivity contribution in [2.75, 3.05) is 13.2 Å². The molecule has 4 rings (SSSR count). The van der Waals surface area contributed by atoms with E-state index in [-0.39, 0.29) is 5.56 Å². The van der Waals surface area contributed by atoms with Gasteiger partial charge in [0.05, 0.1) is 23.3 Å². The number of aromatic nitrogens is 3. The van der Waals surface area contributed by atoms with E-state index in [0.29, 0.717) is 51.3 Å². The fourth-order valence-electron chi connectivity index (χ4n) is 3.21. The van der Waals surface area contributed by atoms with Gasteiger partial charge in [0.2, 0.25) is 4.96 Å². The third-order valence-electron chi connectivity index (χ3n) is 4.59. The molecule has 37 heavy (non-hydrogen) atoms. The number of para-hydroxylation sites is 1. The molecule has 1 N–H and O–H groups in total. The van der Waals surface area contributed by atoms with Crippen LogP contribution in [0.2, 0.25) is 0 Å². The van der Waals surface area contributed by atoms with Gasteiger partial charge in [0.15, 0.2) is 17.3 Å². The number of carbonyl (C=O) groups excluding carboxylic acids is 1. The first kappa shape index (κ1) is 27.3. The molecule has 0 fully saturated rings. The van der Waals surface area contributed by atoms with Crippen molar-refractivity contribution in [3.8, 4) is 28.6 Å². The van der Waals surface area contributed by atoms with Crippen LogP contribution in [-0.4, -0.2) is 44.9 Å². The van der Waals surface area contributed by atoms with Crippen LogP contribution in [-0.2, 0) is 9.59 Å². The first-order valence-electron chi connectivity index (χ1n) is 11.5. The molecule has 0 atom stereocenters. The molecular weight excluding hydrogens is 498 g/mol. The molecule has 0 aliphatic carbocycles. The SMILES string of the molecule is CC(=O)O.CCCOc1ccc(C=c2sc3nc(-c4ccccc4OC(C)=O)nn3c2=O)cc1OCC. The summed E-state index contributed by atoms with van der Waals surface area (Å²) in [7, 11) is 0. The van der Waals surface area contributed by atoms with E-state index in [1.165, 1.54) is 22.8 Å². The third-order valence-corrected chi connectivity index (χ3v) is 5.55. The Bertz CT molecular complexity index is 1510. The highest BCUT2D eigenvalue weighted by Crippen LogP contribution is 2.30. The van der Waals surface area contributed by atoms with Crippen molar-refractivity contribution < 1.29 is 28.9 Å². The number of carboxylic acids is 1. The third kappa shape index (κ3) is 7.14. The minimum atomic E-state index is -0.833. The lowest BCUT2D eigenvalue weighted by Gasteiger charge is -2.11. The van der Waals surface area contributed by atoms with Gasteiger partial charge in [0, 0.05) is 13.8 Å². The van der Waals surface area contributed by atoms with Crippen LogP contribution in [0.15, 0.2) is 47.3 Å². The van der Waals surface area contributed by atoms with E-state index in [2.05, 4.69) is 10.1 Å². The van der Waals surface area contributed by atoms with E-state index >= 15 is 0 Å². The van der Waals surface area contributed by atoms with Gasteiger partial charge in [-0.3, -0.25) is 14.4 Å². The molecule has 0 aliphatic heterocycles. The van der Waals surface area contributed by atoms with Gasteiger partial charge in [-0.2, -0.15) is 9.50 Å². The number of hydrogen-bond acceptors (Lipinski definition) is 9. The predicted molar refractivity (Wildman–Crippen MR) is 139 cm³/mol. The average molecular weight is 526 g/mol. The number of carboxylic acid groups (broad SMARTS) is 1. The zero-order valence-electron chi connectivity index (χ0n) is 20.9. The van der Waals surface area contributed by atoms with Crippen molar-refractivity contribution in [3.63, 3.8) is 0 Å². The predicted octanol–water partition coefficient (Wildman–Crippen LogP) is 3.57. The van der Waals surface area contributed by atoms with Crippen LogP contribution in [0, 0.1) is 0 Å². The summed E-state index contributed by atoms with van der Waals surface area (Å²) in [4.78, 5) is 38.3. The van der Waals surface area contributed by atoms with Crippen LogP contribution in [0.3, 0.4) is 0 Å². The van der Waals surface area contributed by atoms with Gasteiger partial charge in [-0.05, 0) is 49.2 Å². The van der Waals surface area contributed by atoms with Crippen molar-refractivity contribution in [3.05, 3.63) is 62.9 Å². The van der Waals surface area contributed by atoms with Gasteiger partial charge < -0.3 is 19.3 Å². The molecular formula is C26H27N3O7S. The maximum absolute atomic E-state index is 13.0. The van der Waals surface area contributed by atoms with Gasteiger partial charge in [-0.25, -0.2) is 0 Å². The fraction of sp³-hybridized carbons (Fsp3) is 0.269. The molecule has 0 saturated heterocycles. The van der Waals surface area contributed by atoms with Gasteiger partial charge in [-0.15, -0.1) is 5.10 Å². The molecule has 194 valence electrons. The number of benzene rings is 2. The molecule has 0 saturated carbocycles. The number of hydrogen-bond donors (Lipinski definition) is 1. The lowest BCUT2D eigenvalue weighted by Crippen LogP contribution is -2.23. The average Bonchev–Trinajstić information content (AvgIpc) is 3.37. The molecule has 0 bridgehead atoms. The molecule has 0 unspecified atom stereocenters. The Morgan fingerprint density at radius 2 is 1.78 bits per heavy atom. The fourth-order valence-corrected chi connectivity index (χ4v) is 4.12. The molecule has 2 aromatic heterocycles. The Morgan fingerprint density at radius 1 is 1.05 bits per heavy atom. The Labute approximate surface area is 216 Å². The summed E-state index contributed by atoms with van der Waals surface area (Å²) in [6.45, 7) is 7.47. The lowest BCUT2D eigenvalue weighted by atomic mass is 10.2. The van der Waals surface area contributed by atoms with Crippen molar-refractivity contribution in [1.29, 1.82) is 0 Å². The number of ether oxygens (including phenoxy) is 3. The van der Waals surface area contributed by atoms with E-state index in [1.54, 1.807) is 30.3 Å². The van der Waals surface area contributed by atoms with E-state index in [4.69, 9.17) is 24.1 Å². The zero-order chi connectivity index (χ0) is 26.9. The maximum atomic E-state index is 13.0. The van der Waals surface area contributed by atoms with Crippen molar-refractivity contribution in [2.45, 2.75) is 34.1 Å². The summed E-state index contributed by atoms with van der Waals surface area (Å²) in [5, 5.41) is 11.8. The topological polar surface area (TPSA) is 129 Å². The second kappa shape index (κ2) is 12.6. The largest absolute Gasteiger partial charge is 0.490 e. The second-order valence-electron chi connectivity index (χ2n) is 7.64. The van der Waals surface area contributed by atoms with Gasteiger partial charge in [-0.1, -0.05) is 36.5 Å². The van der Waals surface area contributed by atoms with Crippen molar-refractivity contribution in [1.82, 2.24) is 14.6 Å². The van der Waals surface area contributed by atoms with Crippen LogP contribution in [0.4, 0.5) is 0 Å². The first-order chi connectivity index (χ1) is 17.7. The Morgan fingerprint density at radius 3 is 2.43 bits per heavy atom. The van der Waals surface area contributed by atoms with Gasteiger partial charge in [0.1, 0.15) is 5.75 Å². The van der Waals surface area contributed by atoms with Gasteiger partial charge in [0.25, 0.3) is 11.5 Å². The monoisotopic (exact) mass is 525 g/mol. The van der Waals surface area contributed by atoms with Crippen LogP contribution in [0.1, 0.15) is 39.7 Å². The molecule has 0 spiro atoms. The maximum Gasteiger partial charge on any atom is 0.308 e.